The largest absolute Gasteiger partial charge is 0.493 e. The number of fused-ring (bicyclic) bond motifs is 2. The van der Waals surface area contributed by atoms with E-state index in [1.165, 1.54) is 26.4 Å². The lowest BCUT2D eigenvalue weighted by Crippen LogP contribution is -2.60. The number of methoxy groups -OCH3 is 3. The van der Waals surface area contributed by atoms with Crippen molar-refractivity contribution < 1.29 is 52.6 Å². The monoisotopic (exact) mass is 1000 g/mol. The molecule has 2 aromatic carbocycles. The van der Waals surface area contributed by atoms with Gasteiger partial charge in [-0.15, -0.1) is 0 Å². The zero-order valence-corrected chi connectivity index (χ0v) is 43.9. The number of likely N-dealkylation sites (tertiary alicyclic amines) is 2. The van der Waals surface area contributed by atoms with Crippen LogP contribution in [0.15, 0.2) is 48.5 Å². The topological polar surface area (TPSA) is 216 Å². The van der Waals surface area contributed by atoms with E-state index in [0.717, 1.165) is 57.1 Å². The summed E-state index contributed by atoms with van der Waals surface area (Å²) in [5.41, 5.74) is 0.578. The van der Waals surface area contributed by atoms with E-state index >= 15 is 0 Å². The van der Waals surface area contributed by atoms with Crippen molar-refractivity contribution in [1.82, 2.24) is 25.3 Å². The van der Waals surface area contributed by atoms with Gasteiger partial charge in [-0.3, -0.25) is 39.0 Å². The van der Waals surface area contributed by atoms with E-state index in [2.05, 4.69) is 15.5 Å². The van der Waals surface area contributed by atoms with Gasteiger partial charge in [0.25, 0.3) is 5.69 Å². The molecule has 1 aliphatic carbocycles. The molecule has 2 aromatic rings. The molecule has 3 aliphatic rings. The summed E-state index contributed by atoms with van der Waals surface area (Å²) in [6, 6.07) is 10.9. The summed E-state index contributed by atoms with van der Waals surface area (Å²) in [5, 5.41) is 17.4. The van der Waals surface area contributed by atoms with Crippen molar-refractivity contribution in [2.24, 2.45) is 23.7 Å². The van der Waals surface area contributed by atoms with Crippen LogP contribution in [0.3, 0.4) is 0 Å². The van der Waals surface area contributed by atoms with E-state index in [1.807, 2.05) is 58.0 Å². The van der Waals surface area contributed by atoms with Gasteiger partial charge in [-0.25, -0.2) is 4.79 Å². The Kier molecular flexibility index (Phi) is 22.0. The van der Waals surface area contributed by atoms with Gasteiger partial charge in [-0.05, 0) is 86.9 Å². The van der Waals surface area contributed by atoms with E-state index in [1.54, 1.807) is 36.9 Å². The zero-order chi connectivity index (χ0) is 52.6. The number of rotatable bonds is 29. The fraction of sp³-hybridized carbons (Fsp3) is 0.667. The second-order valence-electron chi connectivity index (χ2n) is 20.4. The van der Waals surface area contributed by atoms with Crippen LogP contribution >= 0.6 is 0 Å². The molecule has 4 amide bonds. The third-order valence-corrected chi connectivity index (χ3v) is 15.5. The summed E-state index contributed by atoms with van der Waals surface area (Å²) >= 11 is 0. The molecule has 0 aromatic heterocycles. The van der Waals surface area contributed by atoms with Crippen LogP contribution in [-0.2, 0) is 44.6 Å². The highest BCUT2D eigenvalue weighted by Crippen LogP contribution is 2.43. The van der Waals surface area contributed by atoms with Crippen LogP contribution in [0.2, 0.25) is 0 Å². The number of aldehydes is 1. The number of hydrogen-bond donors (Lipinski definition) is 2. The van der Waals surface area contributed by atoms with E-state index in [4.69, 9.17) is 18.9 Å². The number of carbonyl (C=O) groups excluding carboxylic acids is 6. The summed E-state index contributed by atoms with van der Waals surface area (Å²) in [4.78, 5) is 97.8. The van der Waals surface area contributed by atoms with Gasteiger partial charge in [-0.1, -0.05) is 84.2 Å². The van der Waals surface area contributed by atoms with Crippen molar-refractivity contribution in [3.05, 3.63) is 69.8 Å². The Hall–Kier alpha value is -5.46. The lowest BCUT2D eigenvalue weighted by molar-refractivity contribution is -0.385. The number of esters is 1. The molecule has 72 heavy (non-hydrogen) atoms. The fourth-order valence-electron chi connectivity index (χ4n) is 11.3. The lowest BCUT2D eigenvalue weighted by atomic mass is 9.89. The number of likely N-dealkylation sites (N-methyl/N-ethyl adjacent to an activating group) is 1. The number of unbranched alkanes of at least 4 members (excludes halogenated alkanes) is 3. The molecule has 0 radical (unpaired) electrons. The standard InChI is InChI=1S/C54H80N6O12/c1-10-35(4)48(45(69-7)32-46(62)59-27-18-21-43(59)50(70-8)36(5)51(63)55-42(54(66)71-9)29-37-19-14-13-15-20-37)57(6)53(65)47(34(2)3)56-52(64)49-38-22-24-40(30-38)58(49)26-16-11-12-17-28-72-41-25-23-39(33-61)44(31-41)60(67)68/h13-15,19-20,23,25,31,33-36,38,40,42-43,45,47-50H,10-12,16-18,21-22,24,26-30,32H2,1-9H3,(H,55,63)(H,56,64)/t35-,36+,38?,40-,42-,43-,45+,47-,48-,49?,50+/m0/s1. The molecule has 2 aliphatic heterocycles. The quantitative estimate of drug-likeness (QED) is 0.0307. The maximum Gasteiger partial charge on any atom is 0.328 e. The van der Waals surface area contributed by atoms with E-state index in [9.17, 15) is 38.9 Å². The molecule has 2 N–H and O–H groups in total. The predicted octanol–water partition coefficient (Wildman–Crippen LogP) is 6.16. The second-order valence-corrected chi connectivity index (χ2v) is 20.4. The second kappa shape index (κ2) is 27.6. The van der Waals surface area contributed by atoms with E-state index in [0.29, 0.717) is 50.5 Å². The van der Waals surface area contributed by atoms with Crippen molar-refractivity contribution in [3.8, 4) is 5.75 Å². The summed E-state index contributed by atoms with van der Waals surface area (Å²) in [6.07, 6.45) is 7.67. The van der Waals surface area contributed by atoms with Crippen LogP contribution < -0.4 is 15.4 Å². The first-order chi connectivity index (χ1) is 34.5. The highest BCUT2D eigenvalue weighted by Gasteiger charge is 2.50. The number of piperidine rings is 1. The van der Waals surface area contributed by atoms with Gasteiger partial charge in [0.15, 0.2) is 6.29 Å². The van der Waals surface area contributed by atoms with Crippen molar-refractivity contribution in [2.45, 2.75) is 160 Å². The van der Waals surface area contributed by atoms with Crippen molar-refractivity contribution >= 4 is 41.6 Å². The number of nitrogens with zero attached hydrogens (tertiary/aromatic N) is 4. The van der Waals surface area contributed by atoms with Crippen LogP contribution in [0.25, 0.3) is 0 Å². The summed E-state index contributed by atoms with van der Waals surface area (Å²) in [5.74, 6) is -2.02. The Labute approximate surface area is 425 Å². The van der Waals surface area contributed by atoms with E-state index in [-0.39, 0.29) is 65.6 Å². The van der Waals surface area contributed by atoms with Gasteiger partial charge in [0.05, 0.1) is 72.9 Å². The van der Waals surface area contributed by atoms with Gasteiger partial charge in [-0.2, -0.15) is 0 Å². The van der Waals surface area contributed by atoms with Crippen LogP contribution in [0.5, 0.6) is 5.75 Å². The van der Waals surface area contributed by atoms with Crippen LogP contribution in [-0.4, -0.2) is 152 Å². The molecule has 2 bridgehead atoms. The average Bonchev–Trinajstić information content (AvgIpc) is 4.15. The first-order valence-electron chi connectivity index (χ1n) is 26.0. The van der Waals surface area contributed by atoms with Crippen molar-refractivity contribution in [3.63, 3.8) is 0 Å². The average molecular weight is 1010 g/mol. The Morgan fingerprint density at radius 2 is 1.65 bits per heavy atom. The highest BCUT2D eigenvalue weighted by atomic mass is 16.6. The molecule has 1 saturated carbocycles. The molecule has 2 unspecified atom stereocenters. The highest BCUT2D eigenvalue weighted by molar-refractivity contribution is 5.91. The van der Waals surface area contributed by atoms with Gasteiger partial charge < -0.3 is 39.4 Å². The lowest BCUT2D eigenvalue weighted by Gasteiger charge is -2.41. The molecule has 5 rings (SSSR count). The maximum atomic E-state index is 14.7. The predicted molar refractivity (Wildman–Crippen MR) is 271 cm³/mol. The number of carbonyl (C=O) groups is 6. The zero-order valence-electron chi connectivity index (χ0n) is 43.9. The molecule has 2 heterocycles. The first kappa shape index (κ1) is 57.4. The number of benzene rings is 2. The summed E-state index contributed by atoms with van der Waals surface area (Å²) in [6.45, 7) is 11.2. The third-order valence-electron chi connectivity index (χ3n) is 15.5. The SMILES string of the molecule is CC[C@H](C)[C@@H]([C@@H](CC(=O)N1CCC[C@H]1[C@H](OC)[C@@H](C)C(=O)N[C@@H](Cc1ccccc1)C(=O)OC)OC)N(C)C(=O)[C@@H](NC(=O)C1C2CC[C@@H](C2)N1CCCCCCOc1ccc(C=O)c([N+](=O)[O-])c1)C(C)C. The van der Waals surface area contributed by atoms with Crippen LogP contribution in [0, 0.1) is 33.8 Å². The minimum absolute atomic E-state index is 0.000909. The maximum absolute atomic E-state index is 14.7. The van der Waals surface area contributed by atoms with Gasteiger partial charge in [0.2, 0.25) is 23.6 Å². The molecular formula is C54H80N6O12. The van der Waals surface area contributed by atoms with Crippen molar-refractivity contribution in [1.29, 1.82) is 0 Å². The van der Waals surface area contributed by atoms with Gasteiger partial charge in [0, 0.05) is 40.3 Å². The first-order valence-corrected chi connectivity index (χ1v) is 26.0. The number of nitro benzene ring substituents is 1. The molecule has 18 heteroatoms. The van der Waals surface area contributed by atoms with Crippen LogP contribution in [0.4, 0.5) is 5.69 Å². The normalized spacial score (nSPS) is 21.5. The smallest absolute Gasteiger partial charge is 0.328 e. The third kappa shape index (κ3) is 14.4. The molecule has 398 valence electrons. The Bertz CT molecular complexity index is 2140. The van der Waals surface area contributed by atoms with Gasteiger partial charge in [0.1, 0.15) is 17.8 Å². The number of ether oxygens (including phenoxy) is 4. The number of amides is 4. The van der Waals surface area contributed by atoms with Gasteiger partial charge >= 0.3 is 5.97 Å². The number of hydrogen-bond acceptors (Lipinski definition) is 13. The Morgan fingerprint density at radius 1 is 0.931 bits per heavy atom. The number of nitrogens with one attached hydrogen (secondary N) is 2. The molecule has 3 fully saturated rings. The minimum Gasteiger partial charge on any atom is -0.493 e. The molecule has 0 spiro atoms. The summed E-state index contributed by atoms with van der Waals surface area (Å²) < 4.78 is 22.9. The molecular weight excluding hydrogens is 925 g/mol. The molecule has 2 saturated heterocycles. The Morgan fingerprint density at radius 3 is 2.29 bits per heavy atom. The minimum atomic E-state index is -0.913. The molecule has 11 atom stereocenters. The molecule has 18 nitrogen and oxygen atoms in total. The van der Waals surface area contributed by atoms with Crippen molar-refractivity contribution in [2.75, 3.05) is 48.1 Å². The van der Waals surface area contributed by atoms with Crippen LogP contribution in [0.1, 0.15) is 121 Å². The number of nitro groups is 1. The fourth-order valence-corrected chi connectivity index (χ4v) is 11.3. The van der Waals surface area contributed by atoms with E-state index < -0.39 is 59.1 Å². The Balaban J connectivity index is 1.19. The summed E-state index contributed by atoms with van der Waals surface area (Å²) in [7, 11) is 6.09.